The highest BCUT2D eigenvalue weighted by Crippen LogP contribution is 2.25. The van der Waals surface area contributed by atoms with Crippen LogP contribution in [0, 0.1) is 5.82 Å². The highest BCUT2D eigenvalue weighted by atomic mass is 35.5. The van der Waals surface area contributed by atoms with Crippen molar-refractivity contribution in [1.82, 2.24) is 20.2 Å². The number of rotatable bonds is 7. The average Bonchev–Trinajstić information content (AvgIpc) is 3.30. The summed E-state index contributed by atoms with van der Waals surface area (Å²) in [5, 5.41) is 4.55. The topological polar surface area (TPSA) is 50.3 Å². The lowest BCUT2D eigenvalue weighted by atomic mass is 10.0. The zero-order valence-corrected chi connectivity index (χ0v) is 21.4. The smallest absolute Gasteiger partial charge is 0.145 e. The Kier molecular flexibility index (Phi) is 9.45. The fourth-order valence-electron chi connectivity index (χ4n) is 4.49. The summed E-state index contributed by atoms with van der Waals surface area (Å²) in [4.78, 5) is 11.1. The number of fused-ring (bicyclic) bond motifs is 2. The van der Waals surface area contributed by atoms with E-state index >= 15 is 0 Å². The van der Waals surface area contributed by atoms with Gasteiger partial charge in [0.1, 0.15) is 11.6 Å². The maximum absolute atomic E-state index is 14.6. The number of hydrogen-bond acceptors (Lipinski definition) is 6. The van der Waals surface area contributed by atoms with Crippen LogP contribution in [0.5, 0.6) is 5.75 Å². The molecule has 9 heteroatoms. The minimum Gasteiger partial charge on any atom is -0.497 e. The van der Waals surface area contributed by atoms with Crippen molar-refractivity contribution in [3.05, 3.63) is 65.0 Å². The third-order valence-electron chi connectivity index (χ3n) is 6.39. The number of hydrogen-bond donors (Lipinski definition) is 1. The summed E-state index contributed by atoms with van der Waals surface area (Å²) < 4.78 is 21.1. The van der Waals surface area contributed by atoms with Crippen LogP contribution in [-0.2, 0) is 13.0 Å². The zero-order valence-electron chi connectivity index (χ0n) is 19.0. The second kappa shape index (κ2) is 12.1. The molecule has 0 aliphatic carbocycles. The van der Waals surface area contributed by atoms with E-state index in [4.69, 9.17) is 4.74 Å². The van der Waals surface area contributed by atoms with Crippen LogP contribution in [0.1, 0.15) is 24.0 Å². The van der Waals surface area contributed by atoms with E-state index in [1.165, 1.54) is 16.5 Å². The lowest BCUT2D eigenvalue weighted by Gasteiger charge is -2.32. The molecule has 0 atom stereocenters. The molecule has 34 heavy (non-hydrogen) atoms. The van der Waals surface area contributed by atoms with Gasteiger partial charge in [-0.25, -0.2) is 9.37 Å². The Labute approximate surface area is 215 Å². The van der Waals surface area contributed by atoms with E-state index in [2.05, 4.69) is 38.4 Å². The van der Waals surface area contributed by atoms with Gasteiger partial charge in [0, 0.05) is 30.1 Å². The van der Waals surface area contributed by atoms with Gasteiger partial charge in [0.2, 0.25) is 0 Å². The van der Waals surface area contributed by atoms with Crippen molar-refractivity contribution in [3.63, 3.8) is 0 Å². The van der Waals surface area contributed by atoms with E-state index in [9.17, 15) is 4.39 Å². The number of pyridine rings is 1. The first-order valence-electron chi connectivity index (χ1n) is 11.1. The summed E-state index contributed by atoms with van der Waals surface area (Å²) in [6, 6.07) is 12.7. The molecule has 2 aromatic carbocycles. The highest BCUT2D eigenvalue weighted by Gasteiger charge is 2.20. The lowest BCUT2D eigenvalue weighted by Crippen LogP contribution is -2.42. The average molecular weight is 524 g/mol. The fraction of sp³-hybridized carbons (Fsp3) is 0.360. The molecule has 0 amide bonds. The Morgan fingerprint density at radius 1 is 1.09 bits per heavy atom. The van der Waals surface area contributed by atoms with E-state index in [1.807, 2.05) is 23.7 Å². The molecule has 0 spiro atoms. The first-order chi connectivity index (χ1) is 15.7. The van der Waals surface area contributed by atoms with Crippen LogP contribution in [0.2, 0.25) is 0 Å². The monoisotopic (exact) mass is 522 g/mol. The number of likely N-dealkylation sites (tertiary alicyclic amines) is 1. The molecule has 182 valence electrons. The zero-order chi connectivity index (χ0) is 21.9. The van der Waals surface area contributed by atoms with Crippen LogP contribution in [0.3, 0.4) is 0 Å². The van der Waals surface area contributed by atoms with E-state index in [0.717, 1.165) is 66.8 Å². The Hall–Kier alpha value is -2.03. The molecular weight excluding hydrogens is 494 g/mol. The summed E-state index contributed by atoms with van der Waals surface area (Å²) in [6.07, 6.45) is 4.21. The van der Waals surface area contributed by atoms with Gasteiger partial charge in [0.05, 0.1) is 34.6 Å². The molecule has 0 saturated carbocycles. The standard InChI is InChI=1S/C25H27FN4OS.2ClH/c1-31-19-3-4-23-21(13-19)20(22(26)15-28-23)8-11-30-9-6-18(7-10-30)27-14-17-2-5-25-24(12-17)29-16-32-25;;/h2-5,12-13,15-16,18,27H,6-11,14H2,1H3;2*1H. The van der Waals surface area contributed by atoms with Crippen molar-refractivity contribution in [1.29, 1.82) is 0 Å². The Balaban J connectivity index is 0.00000162. The molecule has 1 saturated heterocycles. The summed E-state index contributed by atoms with van der Waals surface area (Å²) in [5.41, 5.74) is 5.79. The molecule has 4 aromatic rings. The predicted molar refractivity (Wildman–Crippen MR) is 142 cm³/mol. The molecular formula is C25H29Cl2FN4OS. The maximum Gasteiger partial charge on any atom is 0.145 e. The van der Waals surface area contributed by atoms with Crippen molar-refractivity contribution in [2.45, 2.75) is 31.8 Å². The summed E-state index contributed by atoms with van der Waals surface area (Å²) in [7, 11) is 1.63. The molecule has 1 aliphatic rings. The van der Waals surface area contributed by atoms with Gasteiger partial charge < -0.3 is 15.0 Å². The number of ether oxygens (including phenoxy) is 1. The number of nitrogens with one attached hydrogen (secondary N) is 1. The molecule has 1 N–H and O–H groups in total. The van der Waals surface area contributed by atoms with Crippen molar-refractivity contribution < 1.29 is 9.13 Å². The normalized spacial score (nSPS) is 14.6. The highest BCUT2D eigenvalue weighted by molar-refractivity contribution is 7.16. The van der Waals surface area contributed by atoms with Gasteiger partial charge in [0.25, 0.3) is 0 Å². The summed E-state index contributed by atoms with van der Waals surface area (Å²) in [6.45, 7) is 3.77. The number of thiazole rings is 1. The van der Waals surface area contributed by atoms with Crippen molar-refractivity contribution >= 4 is 57.3 Å². The van der Waals surface area contributed by atoms with Crippen LogP contribution in [-0.4, -0.2) is 47.7 Å². The minimum atomic E-state index is -0.237. The van der Waals surface area contributed by atoms with Crippen molar-refractivity contribution in [2.75, 3.05) is 26.7 Å². The maximum atomic E-state index is 14.6. The third kappa shape index (κ3) is 5.96. The van der Waals surface area contributed by atoms with Crippen LogP contribution < -0.4 is 10.1 Å². The van der Waals surface area contributed by atoms with Crippen LogP contribution >= 0.6 is 36.2 Å². The SMILES string of the molecule is COc1ccc2ncc(F)c(CCN3CCC(NCc4ccc5scnc5c4)CC3)c2c1.Cl.Cl. The fourth-order valence-corrected chi connectivity index (χ4v) is 5.15. The van der Waals surface area contributed by atoms with E-state index in [0.29, 0.717) is 12.5 Å². The number of aromatic nitrogens is 2. The molecule has 0 unspecified atom stereocenters. The van der Waals surface area contributed by atoms with Crippen molar-refractivity contribution in [2.24, 2.45) is 0 Å². The van der Waals surface area contributed by atoms with Crippen molar-refractivity contribution in [3.8, 4) is 5.75 Å². The minimum absolute atomic E-state index is 0. The third-order valence-corrected chi connectivity index (χ3v) is 7.20. The predicted octanol–water partition coefficient (Wildman–Crippen LogP) is 5.63. The number of methoxy groups -OCH3 is 1. The van der Waals surface area contributed by atoms with Gasteiger partial charge in [-0.3, -0.25) is 4.98 Å². The first-order valence-corrected chi connectivity index (χ1v) is 12.0. The van der Waals surface area contributed by atoms with Gasteiger partial charge in [-0.1, -0.05) is 6.07 Å². The number of halogens is 3. The Bertz CT molecular complexity index is 1230. The Morgan fingerprint density at radius 3 is 2.71 bits per heavy atom. The van der Waals surface area contributed by atoms with Crippen LogP contribution in [0.15, 0.2) is 48.1 Å². The molecule has 0 bridgehead atoms. The number of nitrogens with zero attached hydrogens (tertiary/aromatic N) is 3. The number of piperidine rings is 1. The molecule has 1 aliphatic heterocycles. The Morgan fingerprint density at radius 2 is 1.91 bits per heavy atom. The van der Waals surface area contributed by atoms with Gasteiger partial charge in [0.15, 0.2) is 0 Å². The van der Waals surface area contributed by atoms with Crippen LogP contribution in [0.25, 0.3) is 21.1 Å². The van der Waals surface area contributed by atoms with Gasteiger partial charge in [-0.15, -0.1) is 36.2 Å². The van der Waals surface area contributed by atoms with E-state index in [1.54, 1.807) is 18.4 Å². The quantitative estimate of drug-likeness (QED) is 0.340. The summed E-state index contributed by atoms with van der Waals surface area (Å²) >= 11 is 1.68. The van der Waals surface area contributed by atoms with E-state index in [-0.39, 0.29) is 30.6 Å². The molecule has 2 aromatic heterocycles. The first kappa shape index (κ1) is 26.6. The largest absolute Gasteiger partial charge is 0.497 e. The second-order valence-electron chi connectivity index (χ2n) is 8.37. The summed E-state index contributed by atoms with van der Waals surface area (Å²) in [5.74, 6) is 0.492. The van der Waals surface area contributed by atoms with Gasteiger partial charge >= 0.3 is 0 Å². The van der Waals surface area contributed by atoms with E-state index < -0.39 is 0 Å². The van der Waals surface area contributed by atoms with Gasteiger partial charge in [-0.05, 0) is 68.2 Å². The lowest BCUT2D eigenvalue weighted by molar-refractivity contribution is 0.199. The number of benzene rings is 2. The molecule has 1 fully saturated rings. The van der Waals surface area contributed by atoms with Crippen LogP contribution in [0.4, 0.5) is 4.39 Å². The second-order valence-corrected chi connectivity index (χ2v) is 9.26. The van der Waals surface area contributed by atoms with Gasteiger partial charge in [-0.2, -0.15) is 0 Å². The molecule has 3 heterocycles. The molecule has 0 radical (unpaired) electrons. The molecule has 5 nitrogen and oxygen atoms in total. The molecule has 5 rings (SSSR count).